The summed E-state index contributed by atoms with van der Waals surface area (Å²) in [5.41, 5.74) is 3.83. The minimum absolute atomic E-state index is 0.116. The van der Waals surface area contributed by atoms with Crippen LogP contribution < -0.4 is 10.9 Å². The molecular weight excluding hydrogens is 394 g/mol. The van der Waals surface area contributed by atoms with Gasteiger partial charge in [-0.1, -0.05) is 16.6 Å². The van der Waals surface area contributed by atoms with Gasteiger partial charge in [0.25, 0.3) is 11.5 Å². The molecule has 0 radical (unpaired) electrons. The molecule has 28 heavy (non-hydrogen) atoms. The van der Waals surface area contributed by atoms with Crippen LogP contribution in [0.2, 0.25) is 0 Å². The second-order valence-corrected chi connectivity index (χ2v) is 7.95. The first-order chi connectivity index (χ1) is 13.5. The summed E-state index contributed by atoms with van der Waals surface area (Å²) >= 11 is 2.51. The van der Waals surface area contributed by atoms with Crippen LogP contribution in [-0.4, -0.2) is 25.0 Å². The number of thiophene rings is 1. The number of nitrogens with zero attached hydrogens (tertiary/aromatic N) is 4. The average Bonchev–Trinajstić information content (AvgIpc) is 3.32. The standard InChI is InChI=1S/C19H17N5O2S2/c1-4-24-9-20-18-15(19(24)26)11(3)16(28-18)17(25)21-13-7-12(6-5-10(13)2)14-8-27-23-22-14/h5-9H,4H2,1-3H3,(H,21,25). The van der Waals surface area contributed by atoms with Crippen LogP contribution in [0.4, 0.5) is 5.69 Å². The van der Waals surface area contributed by atoms with Crippen LogP contribution in [0.15, 0.2) is 34.7 Å². The average molecular weight is 412 g/mol. The quantitative estimate of drug-likeness (QED) is 0.551. The highest BCUT2D eigenvalue weighted by molar-refractivity contribution is 7.20. The van der Waals surface area contributed by atoms with E-state index >= 15 is 0 Å². The van der Waals surface area contributed by atoms with Crippen LogP contribution >= 0.6 is 22.9 Å². The smallest absolute Gasteiger partial charge is 0.266 e. The molecule has 1 aromatic carbocycles. The molecule has 0 aliphatic carbocycles. The third kappa shape index (κ3) is 3.12. The molecule has 4 aromatic rings. The van der Waals surface area contributed by atoms with Crippen LogP contribution in [0, 0.1) is 13.8 Å². The number of anilines is 1. The molecular formula is C19H17N5O2S2. The number of aromatic nitrogens is 4. The van der Waals surface area contributed by atoms with E-state index in [-0.39, 0.29) is 11.5 Å². The minimum Gasteiger partial charge on any atom is -0.321 e. The summed E-state index contributed by atoms with van der Waals surface area (Å²) in [7, 11) is 0. The van der Waals surface area contributed by atoms with E-state index in [0.717, 1.165) is 16.8 Å². The predicted molar refractivity (Wildman–Crippen MR) is 112 cm³/mol. The highest BCUT2D eigenvalue weighted by atomic mass is 32.1. The summed E-state index contributed by atoms with van der Waals surface area (Å²) in [6.45, 7) is 6.15. The lowest BCUT2D eigenvalue weighted by molar-refractivity contribution is 0.103. The van der Waals surface area contributed by atoms with E-state index in [2.05, 4.69) is 19.9 Å². The van der Waals surface area contributed by atoms with E-state index in [4.69, 9.17) is 0 Å². The fourth-order valence-electron chi connectivity index (χ4n) is 2.99. The monoisotopic (exact) mass is 411 g/mol. The van der Waals surface area contributed by atoms with Crippen molar-refractivity contribution < 1.29 is 4.79 Å². The van der Waals surface area contributed by atoms with Gasteiger partial charge in [0.2, 0.25) is 0 Å². The molecule has 9 heteroatoms. The Balaban J connectivity index is 1.71. The molecule has 0 unspecified atom stereocenters. The highest BCUT2D eigenvalue weighted by Crippen LogP contribution is 2.29. The van der Waals surface area contributed by atoms with E-state index in [1.165, 1.54) is 29.2 Å². The summed E-state index contributed by atoms with van der Waals surface area (Å²) in [6, 6.07) is 5.77. The van der Waals surface area contributed by atoms with Crippen molar-refractivity contribution in [3.63, 3.8) is 0 Å². The van der Waals surface area contributed by atoms with E-state index in [9.17, 15) is 9.59 Å². The molecule has 0 saturated heterocycles. The third-order valence-electron chi connectivity index (χ3n) is 4.61. The van der Waals surface area contributed by atoms with Crippen molar-refractivity contribution in [2.24, 2.45) is 0 Å². The fraction of sp³-hybridized carbons (Fsp3) is 0.211. The normalized spacial score (nSPS) is 11.1. The van der Waals surface area contributed by atoms with Gasteiger partial charge in [-0.15, -0.1) is 16.4 Å². The van der Waals surface area contributed by atoms with Gasteiger partial charge in [0.15, 0.2) is 0 Å². The number of hydrogen-bond donors (Lipinski definition) is 1. The number of benzene rings is 1. The molecule has 3 aromatic heterocycles. The molecule has 0 saturated carbocycles. The first-order valence-corrected chi connectivity index (χ1v) is 10.3. The summed E-state index contributed by atoms with van der Waals surface area (Å²) in [6.07, 6.45) is 1.53. The van der Waals surface area contributed by atoms with Crippen LogP contribution in [0.25, 0.3) is 21.5 Å². The number of nitrogens with one attached hydrogen (secondary N) is 1. The van der Waals surface area contributed by atoms with E-state index in [1.54, 1.807) is 11.5 Å². The Labute approximate surface area is 168 Å². The molecule has 0 aliphatic rings. The molecule has 142 valence electrons. The van der Waals surface area contributed by atoms with E-state index in [0.29, 0.717) is 32.9 Å². The van der Waals surface area contributed by atoms with Crippen LogP contribution in [0.3, 0.4) is 0 Å². The Kier molecular flexibility index (Phi) is 4.78. The van der Waals surface area contributed by atoms with Crippen molar-refractivity contribution in [3.05, 3.63) is 56.3 Å². The fourth-order valence-corrected chi connectivity index (χ4v) is 4.49. The van der Waals surface area contributed by atoms with Crippen molar-refractivity contribution in [2.45, 2.75) is 27.3 Å². The van der Waals surface area contributed by atoms with Crippen molar-refractivity contribution in [3.8, 4) is 11.3 Å². The third-order valence-corrected chi connectivity index (χ3v) is 6.31. The number of hydrogen-bond acceptors (Lipinski definition) is 7. The van der Waals surface area contributed by atoms with Gasteiger partial charge in [0, 0.05) is 23.2 Å². The van der Waals surface area contributed by atoms with Gasteiger partial charge in [0.05, 0.1) is 16.6 Å². The number of fused-ring (bicyclic) bond motifs is 1. The first kappa shape index (κ1) is 18.5. The van der Waals surface area contributed by atoms with Gasteiger partial charge in [-0.3, -0.25) is 14.2 Å². The predicted octanol–water partition coefficient (Wildman–Crippen LogP) is 3.87. The van der Waals surface area contributed by atoms with Crippen LogP contribution in [0.5, 0.6) is 0 Å². The van der Waals surface area contributed by atoms with Crippen molar-refractivity contribution in [1.82, 2.24) is 19.1 Å². The molecule has 7 nitrogen and oxygen atoms in total. The SMILES string of the molecule is CCn1cnc2sc(C(=O)Nc3cc(-c4csnn4)ccc3C)c(C)c2c1=O. The second kappa shape index (κ2) is 7.25. The van der Waals surface area contributed by atoms with Crippen LogP contribution in [0.1, 0.15) is 27.7 Å². The van der Waals surface area contributed by atoms with E-state index in [1.807, 2.05) is 37.4 Å². The van der Waals surface area contributed by atoms with Gasteiger partial charge in [-0.2, -0.15) is 0 Å². The summed E-state index contributed by atoms with van der Waals surface area (Å²) < 4.78 is 5.43. The molecule has 0 atom stereocenters. The number of rotatable bonds is 4. The van der Waals surface area contributed by atoms with Crippen molar-refractivity contribution in [1.29, 1.82) is 0 Å². The van der Waals surface area contributed by atoms with Gasteiger partial charge < -0.3 is 5.32 Å². The molecule has 1 N–H and O–H groups in total. The topological polar surface area (TPSA) is 89.8 Å². The second-order valence-electron chi connectivity index (χ2n) is 6.35. The molecule has 0 spiro atoms. The zero-order chi connectivity index (χ0) is 19.8. The van der Waals surface area contributed by atoms with Gasteiger partial charge in [0.1, 0.15) is 10.5 Å². The minimum atomic E-state index is -0.250. The Morgan fingerprint density at radius 1 is 1.29 bits per heavy atom. The molecule has 4 rings (SSSR count). The zero-order valence-corrected chi connectivity index (χ0v) is 17.1. The largest absolute Gasteiger partial charge is 0.321 e. The molecule has 0 fully saturated rings. The Hall–Kier alpha value is -2.91. The summed E-state index contributed by atoms with van der Waals surface area (Å²) in [5, 5.41) is 9.42. The van der Waals surface area contributed by atoms with Gasteiger partial charge in [-0.25, -0.2) is 4.98 Å². The number of amides is 1. The summed E-state index contributed by atoms with van der Waals surface area (Å²) in [5.74, 6) is -0.250. The van der Waals surface area contributed by atoms with E-state index < -0.39 is 0 Å². The summed E-state index contributed by atoms with van der Waals surface area (Å²) in [4.78, 5) is 31.0. The maximum absolute atomic E-state index is 13.0. The van der Waals surface area contributed by atoms with Gasteiger partial charge >= 0.3 is 0 Å². The zero-order valence-electron chi connectivity index (χ0n) is 15.5. The molecule has 0 aliphatic heterocycles. The van der Waals surface area contributed by atoms with Crippen LogP contribution in [-0.2, 0) is 6.54 Å². The Morgan fingerprint density at radius 2 is 2.11 bits per heavy atom. The van der Waals surface area contributed by atoms with Crippen molar-refractivity contribution in [2.75, 3.05) is 5.32 Å². The molecule has 3 heterocycles. The maximum atomic E-state index is 13.0. The first-order valence-electron chi connectivity index (χ1n) is 8.67. The lowest BCUT2D eigenvalue weighted by atomic mass is 10.1. The Morgan fingerprint density at radius 3 is 2.82 bits per heavy atom. The molecule has 1 amide bonds. The number of carbonyl (C=O) groups is 1. The van der Waals surface area contributed by atoms with Crippen molar-refractivity contribution >= 4 is 44.7 Å². The number of carbonyl (C=O) groups excluding carboxylic acids is 1. The lowest BCUT2D eigenvalue weighted by Gasteiger charge is -2.09. The van der Waals surface area contributed by atoms with Gasteiger partial charge in [-0.05, 0) is 49.5 Å². The molecule has 0 bridgehead atoms. The number of aryl methyl sites for hydroxylation is 3. The highest BCUT2D eigenvalue weighted by Gasteiger charge is 2.20. The maximum Gasteiger partial charge on any atom is 0.266 e. The lowest BCUT2D eigenvalue weighted by Crippen LogP contribution is -2.19. The Bertz CT molecular complexity index is 1240.